The second-order valence-corrected chi connectivity index (χ2v) is 4.37. The number of hydrogen-bond donors (Lipinski definition) is 1. The van der Waals surface area contributed by atoms with Crippen LogP contribution in [0, 0.1) is 6.92 Å². The third kappa shape index (κ3) is 2.84. The molecule has 0 aliphatic rings. The van der Waals surface area contributed by atoms with Crippen molar-refractivity contribution in [2.75, 3.05) is 0 Å². The first-order valence-electron chi connectivity index (χ1n) is 4.90. The molecule has 1 heterocycles. The average Bonchev–Trinajstić information content (AvgIpc) is 2.73. The number of thioether (sulfide) groups is 1. The molecule has 0 spiro atoms. The topological polar surface area (TPSA) is 59.2 Å². The van der Waals surface area contributed by atoms with E-state index in [4.69, 9.17) is 9.63 Å². The first kappa shape index (κ1) is 11.2. The predicted molar refractivity (Wildman–Crippen MR) is 61.0 cm³/mol. The number of nitrogens with zero attached hydrogens (tertiary/aromatic N) is 2. The zero-order chi connectivity index (χ0) is 11.4. The molecular weight excluding hydrogens is 224 g/mol. The van der Waals surface area contributed by atoms with E-state index in [1.165, 1.54) is 0 Å². The summed E-state index contributed by atoms with van der Waals surface area (Å²) in [6, 6.07) is 7.75. The summed E-state index contributed by atoms with van der Waals surface area (Å²) in [5, 5.41) is 12.6. The Kier molecular flexibility index (Phi) is 3.58. The quantitative estimate of drug-likeness (QED) is 0.824. The van der Waals surface area contributed by atoms with E-state index in [2.05, 4.69) is 10.1 Å². The van der Waals surface area contributed by atoms with Crippen molar-refractivity contribution in [3.63, 3.8) is 0 Å². The number of hydrogen-bond acceptors (Lipinski definition) is 5. The van der Waals surface area contributed by atoms with Crippen LogP contribution in [-0.2, 0) is 12.4 Å². The van der Waals surface area contributed by atoms with Crippen LogP contribution in [0.2, 0.25) is 0 Å². The number of aliphatic hydroxyl groups excluding tert-OH is 1. The molecule has 0 atom stereocenters. The van der Waals surface area contributed by atoms with Gasteiger partial charge in [-0.05, 0) is 24.6 Å². The second kappa shape index (κ2) is 5.14. The third-order valence-electron chi connectivity index (χ3n) is 2.04. The van der Waals surface area contributed by atoms with E-state index in [1.54, 1.807) is 18.7 Å². The SMILES string of the molecule is Cc1noc(CSc2ccc(CO)cc2)n1. The van der Waals surface area contributed by atoms with Crippen LogP contribution in [0.4, 0.5) is 0 Å². The zero-order valence-corrected chi connectivity index (χ0v) is 9.70. The molecule has 0 unspecified atom stereocenters. The van der Waals surface area contributed by atoms with Crippen LogP contribution in [0.15, 0.2) is 33.7 Å². The Morgan fingerprint density at radius 2 is 2.06 bits per heavy atom. The van der Waals surface area contributed by atoms with Gasteiger partial charge in [-0.1, -0.05) is 17.3 Å². The molecule has 0 saturated carbocycles. The Morgan fingerprint density at radius 1 is 1.31 bits per heavy atom. The maximum Gasteiger partial charge on any atom is 0.236 e. The van der Waals surface area contributed by atoms with Crippen LogP contribution in [0.25, 0.3) is 0 Å². The molecule has 0 saturated heterocycles. The molecule has 2 rings (SSSR count). The molecule has 1 aromatic heterocycles. The third-order valence-corrected chi connectivity index (χ3v) is 3.03. The Hall–Kier alpha value is -1.33. The summed E-state index contributed by atoms with van der Waals surface area (Å²) >= 11 is 1.63. The molecule has 4 nitrogen and oxygen atoms in total. The van der Waals surface area contributed by atoms with Gasteiger partial charge < -0.3 is 9.63 Å². The van der Waals surface area contributed by atoms with E-state index in [1.807, 2.05) is 24.3 Å². The van der Waals surface area contributed by atoms with Crippen LogP contribution in [-0.4, -0.2) is 15.2 Å². The normalized spacial score (nSPS) is 10.6. The number of aromatic nitrogens is 2. The lowest BCUT2D eigenvalue weighted by Crippen LogP contribution is -1.83. The minimum atomic E-state index is 0.0772. The maximum atomic E-state index is 8.90. The van der Waals surface area contributed by atoms with Gasteiger partial charge in [0.05, 0.1) is 12.4 Å². The second-order valence-electron chi connectivity index (χ2n) is 3.33. The van der Waals surface area contributed by atoms with Crippen molar-refractivity contribution in [1.29, 1.82) is 0 Å². The van der Waals surface area contributed by atoms with Gasteiger partial charge in [0.15, 0.2) is 5.82 Å². The van der Waals surface area contributed by atoms with Crippen LogP contribution in [0.1, 0.15) is 17.3 Å². The van der Waals surface area contributed by atoms with Crippen LogP contribution < -0.4 is 0 Å². The fourth-order valence-corrected chi connectivity index (χ4v) is 1.97. The largest absolute Gasteiger partial charge is 0.392 e. The summed E-state index contributed by atoms with van der Waals surface area (Å²) in [5.41, 5.74) is 0.915. The van der Waals surface area contributed by atoms with Gasteiger partial charge >= 0.3 is 0 Å². The smallest absolute Gasteiger partial charge is 0.236 e. The molecule has 0 fully saturated rings. The van der Waals surface area contributed by atoms with Gasteiger partial charge in [-0.3, -0.25) is 0 Å². The van der Waals surface area contributed by atoms with Crippen molar-refractivity contribution in [2.24, 2.45) is 0 Å². The van der Waals surface area contributed by atoms with Crippen molar-refractivity contribution < 1.29 is 9.63 Å². The molecule has 0 aliphatic heterocycles. The standard InChI is InChI=1S/C11H12N2O2S/c1-8-12-11(15-13-8)7-16-10-4-2-9(6-14)3-5-10/h2-5,14H,6-7H2,1H3. The van der Waals surface area contributed by atoms with Gasteiger partial charge in [0.1, 0.15) is 0 Å². The molecule has 0 bridgehead atoms. The molecule has 1 aromatic carbocycles. The fourth-order valence-electron chi connectivity index (χ4n) is 1.23. The molecule has 1 N–H and O–H groups in total. The van der Waals surface area contributed by atoms with Crippen LogP contribution >= 0.6 is 11.8 Å². The number of aliphatic hydroxyl groups is 1. The maximum absolute atomic E-state index is 8.90. The summed E-state index contributed by atoms with van der Waals surface area (Å²) in [7, 11) is 0. The molecule has 5 heteroatoms. The van der Waals surface area contributed by atoms with Crippen molar-refractivity contribution in [2.45, 2.75) is 24.2 Å². The van der Waals surface area contributed by atoms with E-state index in [0.29, 0.717) is 17.5 Å². The molecule has 0 radical (unpaired) electrons. The van der Waals surface area contributed by atoms with Crippen LogP contribution in [0.5, 0.6) is 0 Å². The van der Waals surface area contributed by atoms with Crippen molar-refractivity contribution >= 4 is 11.8 Å². The van der Waals surface area contributed by atoms with E-state index >= 15 is 0 Å². The molecule has 0 amide bonds. The first-order chi connectivity index (χ1) is 7.78. The van der Waals surface area contributed by atoms with Gasteiger partial charge in [-0.15, -0.1) is 11.8 Å². The Balaban J connectivity index is 1.94. The summed E-state index contributed by atoms with van der Waals surface area (Å²) in [6.45, 7) is 1.88. The first-order valence-corrected chi connectivity index (χ1v) is 5.88. The summed E-state index contributed by atoms with van der Waals surface area (Å²) in [6.07, 6.45) is 0. The Morgan fingerprint density at radius 3 is 2.62 bits per heavy atom. The van der Waals surface area contributed by atoms with E-state index in [-0.39, 0.29) is 6.61 Å². The molecule has 2 aromatic rings. The lowest BCUT2D eigenvalue weighted by atomic mass is 10.2. The number of rotatable bonds is 4. The molecule has 84 valence electrons. The Labute approximate surface area is 97.7 Å². The van der Waals surface area contributed by atoms with Crippen molar-refractivity contribution in [3.8, 4) is 0 Å². The summed E-state index contributed by atoms with van der Waals surface area (Å²) in [5.74, 6) is 1.96. The van der Waals surface area contributed by atoms with Gasteiger partial charge in [-0.2, -0.15) is 4.98 Å². The molecule has 0 aliphatic carbocycles. The highest BCUT2D eigenvalue weighted by atomic mass is 32.2. The van der Waals surface area contributed by atoms with E-state index < -0.39 is 0 Å². The van der Waals surface area contributed by atoms with Crippen molar-refractivity contribution in [3.05, 3.63) is 41.5 Å². The zero-order valence-electron chi connectivity index (χ0n) is 8.88. The highest BCUT2D eigenvalue weighted by Crippen LogP contribution is 2.22. The lowest BCUT2D eigenvalue weighted by Gasteiger charge is -1.99. The molecular formula is C11H12N2O2S. The minimum absolute atomic E-state index is 0.0772. The fraction of sp³-hybridized carbons (Fsp3) is 0.273. The van der Waals surface area contributed by atoms with Crippen molar-refractivity contribution in [1.82, 2.24) is 10.1 Å². The predicted octanol–water partition coefficient (Wildman–Crippen LogP) is 2.16. The van der Waals surface area contributed by atoms with Gasteiger partial charge in [0.2, 0.25) is 5.89 Å². The monoisotopic (exact) mass is 236 g/mol. The van der Waals surface area contributed by atoms with Gasteiger partial charge in [0, 0.05) is 4.90 Å². The van der Waals surface area contributed by atoms with E-state index in [0.717, 1.165) is 10.5 Å². The van der Waals surface area contributed by atoms with E-state index in [9.17, 15) is 0 Å². The van der Waals surface area contributed by atoms with Gasteiger partial charge in [0.25, 0.3) is 0 Å². The van der Waals surface area contributed by atoms with Gasteiger partial charge in [-0.25, -0.2) is 0 Å². The highest BCUT2D eigenvalue weighted by molar-refractivity contribution is 7.98. The highest BCUT2D eigenvalue weighted by Gasteiger charge is 2.03. The lowest BCUT2D eigenvalue weighted by molar-refractivity contribution is 0.282. The number of aryl methyl sites for hydroxylation is 1. The number of benzene rings is 1. The summed E-state index contributed by atoms with van der Waals surface area (Å²) in [4.78, 5) is 5.24. The Bertz CT molecular complexity index is 453. The molecule has 16 heavy (non-hydrogen) atoms. The minimum Gasteiger partial charge on any atom is -0.392 e. The average molecular weight is 236 g/mol. The van der Waals surface area contributed by atoms with Crippen LogP contribution in [0.3, 0.4) is 0 Å². The summed E-state index contributed by atoms with van der Waals surface area (Å²) < 4.78 is 5.01.